The molecule has 0 aliphatic carbocycles. The molecule has 2 heterocycles. The SMILES string of the molecule is CN=C(NCCCOCC1CCOCC1)NCc1cnn(Cc2ccccc2)c1.I. The zero-order valence-electron chi connectivity index (χ0n) is 17.8. The Kier molecular flexibility index (Phi) is 11.8. The fourth-order valence-electron chi connectivity index (χ4n) is 3.31. The van der Waals surface area contributed by atoms with E-state index in [0.29, 0.717) is 12.5 Å². The average Bonchev–Trinajstić information content (AvgIpc) is 3.21. The topological polar surface area (TPSA) is 72.7 Å². The van der Waals surface area contributed by atoms with Crippen molar-refractivity contribution in [3.63, 3.8) is 0 Å². The quantitative estimate of drug-likeness (QED) is 0.215. The van der Waals surface area contributed by atoms with Crippen molar-refractivity contribution in [1.29, 1.82) is 0 Å². The molecular formula is C22H34IN5O2. The van der Waals surface area contributed by atoms with Gasteiger partial charge in [0.2, 0.25) is 0 Å². The molecule has 1 fully saturated rings. The van der Waals surface area contributed by atoms with E-state index in [9.17, 15) is 0 Å². The average molecular weight is 527 g/mol. The van der Waals surface area contributed by atoms with E-state index in [-0.39, 0.29) is 24.0 Å². The highest BCUT2D eigenvalue weighted by Gasteiger charge is 2.13. The lowest BCUT2D eigenvalue weighted by molar-refractivity contribution is 0.0203. The van der Waals surface area contributed by atoms with E-state index in [2.05, 4.69) is 39.1 Å². The first-order valence-corrected chi connectivity index (χ1v) is 10.5. The molecule has 1 aromatic heterocycles. The third-order valence-electron chi connectivity index (χ3n) is 5.01. The van der Waals surface area contributed by atoms with Gasteiger partial charge < -0.3 is 20.1 Å². The van der Waals surface area contributed by atoms with Crippen LogP contribution in [0.2, 0.25) is 0 Å². The summed E-state index contributed by atoms with van der Waals surface area (Å²) in [6.07, 6.45) is 7.16. The summed E-state index contributed by atoms with van der Waals surface area (Å²) in [5.74, 6) is 1.46. The van der Waals surface area contributed by atoms with Gasteiger partial charge in [-0.25, -0.2) is 0 Å². The Bertz CT molecular complexity index is 732. The number of rotatable bonds is 10. The van der Waals surface area contributed by atoms with Crippen molar-refractivity contribution >= 4 is 29.9 Å². The molecule has 0 radical (unpaired) electrons. The van der Waals surface area contributed by atoms with Crippen LogP contribution >= 0.6 is 24.0 Å². The van der Waals surface area contributed by atoms with E-state index in [1.165, 1.54) is 5.56 Å². The second kappa shape index (κ2) is 14.4. The molecule has 0 bridgehead atoms. The van der Waals surface area contributed by atoms with Crippen LogP contribution in [-0.2, 0) is 22.6 Å². The Morgan fingerprint density at radius 1 is 1.20 bits per heavy atom. The molecule has 1 saturated heterocycles. The minimum absolute atomic E-state index is 0. The fourth-order valence-corrected chi connectivity index (χ4v) is 3.31. The van der Waals surface area contributed by atoms with Crippen LogP contribution in [0.15, 0.2) is 47.7 Å². The van der Waals surface area contributed by atoms with Gasteiger partial charge in [-0.1, -0.05) is 30.3 Å². The van der Waals surface area contributed by atoms with Gasteiger partial charge in [0.05, 0.1) is 12.7 Å². The van der Waals surface area contributed by atoms with E-state index in [4.69, 9.17) is 9.47 Å². The van der Waals surface area contributed by atoms with Gasteiger partial charge in [-0.3, -0.25) is 9.67 Å². The Morgan fingerprint density at radius 3 is 2.77 bits per heavy atom. The summed E-state index contributed by atoms with van der Waals surface area (Å²) in [5.41, 5.74) is 2.37. The van der Waals surface area contributed by atoms with E-state index < -0.39 is 0 Å². The van der Waals surface area contributed by atoms with Gasteiger partial charge in [-0.2, -0.15) is 5.10 Å². The lowest BCUT2D eigenvalue weighted by atomic mass is 10.0. The summed E-state index contributed by atoms with van der Waals surface area (Å²) >= 11 is 0. The molecule has 8 heteroatoms. The lowest BCUT2D eigenvalue weighted by Gasteiger charge is -2.21. The zero-order valence-corrected chi connectivity index (χ0v) is 20.1. The van der Waals surface area contributed by atoms with Crippen LogP contribution < -0.4 is 10.6 Å². The molecule has 0 unspecified atom stereocenters. The highest BCUT2D eigenvalue weighted by atomic mass is 127. The first-order valence-electron chi connectivity index (χ1n) is 10.5. The van der Waals surface area contributed by atoms with Crippen molar-refractivity contribution in [2.45, 2.75) is 32.4 Å². The number of nitrogens with one attached hydrogen (secondary N) is 2. The smallest absolute Gasteiger partial charge is 0.191 e. The van der Waals surface area contributed by atoms with Gasteiger partial charge in [-0.05, 0) is 30.7 Å². The number of benzene rings is 1. The normalized spacial score (nSPS) is 14.9. The molecule has 1 aliphatic heterocycles. The van der Waals surface area contributed by atoms with Crippen LogP contribution in [0.25, 0.3) is 0 Å². The summed E-state index contributed by atoms with van der Waals surface area (Å²) in [6, 6.07) is 10.3. The van der Waals surface area contributed by atoms with Gasteiger partial charge in [0, 0.05) is 58.3 Å². The predicted molar refractivity (Wildman–Crippen MR) is 130 cm³/mol. The number of hydrogen-bond donors (Lipinski definition) is 2. The molecule has 2 N–H and O–H groups in total. The maximum atomic E-state index is 5.80. The standard InChI is InChI=1S/C22H33N5O2.HI/c1-23-22(24-10-5-11-29-18-20-8-12-28-13-9-20)25-14-21-15-26-27(17-21)16-19-6-3-2-4-7-19;/h2-4,6-7,15,17,20H,5,8-14,16,18H2,1H3,(H2,23,24,25);1H. The summed E-state index contributed by atoms with van der Waals surface area (Å²) < 4.78 is 13.1. The van der Waals surface area contributed by atoms with Crippen LogP contribution in [0, 0.1) is 5.92 Å². The molecule has 3 rings (SSSR count). The monoisotopic (exact) mass is 527 g/mol. The number of aliphatic imine (C=N–C) groups is 1. The fraction of sp³-hybridized carbons (Fsp3) is 0.545. The lowest BCUT2D eigenvalue weighted by Crippen LogP contribution is -2.37. The van der Waals surface area contributed by atoms with E-state index in [1.54, 1.807) is 7.05 Å². The summed E-state index contributed by atoms with van der Waals surface area (Å²) in [5, 5.41) is 11.1. The minimum atomic E-state index is 0. The first kappa shape index (κ1) is 24.6. The first-order chi connectivity index (χ1) is 14.3. The van der Waals surface area contributed by atoms with Crippen LogP contribution in [0.5, 0.6) is 0 Å². The summed E-state index contributed by atoms with van der Waals surface area (Å²) in [4.78, 5) is 4.28. The van der Waals surface area contributed by atoms with Crippen molar-refractivity contribution in [1.82, 2.24) is 20.4 Å². The van der Waals surface area contributed by atoms with Crippen LogP contribution in [0.3, 0.4) is 0 Å². The molecule has 166 valence electrons. The maximum absolute atomic E-state index is 5.80. The Hall–Kier alpha value is -1.65. The van der Waals surface area contributed by atoms with Crippen molar-refractivity contribution < 1.29 is 9.47 Å². The molecule has 2 aromatic rings. The minimum Gasteiger partial charge on any atom is -0.381 e. The molecule has 0 spiro atoms. The number of hydrogen-bond acceptors (Lipinski definition) is 4. The van der Waals surface area contributed by atoms with Crippen LogP contribution in [-0.4, -0.2) is 55.8 Å². The molecule has 7 nitrogen and oxygen atoms in total. The van der Waals surface area contributed by atoms with E-state index in [1.807, 2.05) is 29.1 Å². The highest BCUT2D eigenvalue weighted by molar-refractivity contribution is 14.0. The van der Waals surface area contributed by atoms with E-state index >= 15 is 0 Å². The van der Waals surface area contributed by atoms with Crippen LogP contribution in [0.1, 0.15) is 30.4 Å². The number of guanidine groups is 1. The maximum Gasteiger partial charge on any atom is 0.191 e. The number of halogens is 1. The van der Waals surface area contributed by atoms with Crippen molar-refractivity contribution in [2.24, 2.45) is 10.9 Å². The predicted octanol–water partition coefficient (Wildman–Crippen LogP) is 3.05. The third kappa shape index (κ3) is 9.01. The molecule has 1 aromatic carbocycles. The molecule has 0 saturated carbocycles. The van der Waals surface area contributed by atoms with Crippen molar-refractivity contribution in [3.05, 3.63) is 53.9 Å². The Labute approximate surface area is 196 Å². The molecule has 1 aliphatic rings. The molecule has 30 heavy (non-hydrogen) atoms. The second-order valence-electron chi connectivity index (χ2n) is 7.37. The summed E-state index contributed by atoms with van der Waals surface area (Å²) in [7, 11) is 1.79. The number of ether oxygens (including phenoxy) is 2. The Morgan fingerprint density at radius 2 is 2.00 bits per heavy atom. The third-order valence-corrected chi connectivity index (χ3v) is 5.01. The van der Waals surface area contributed by atoms with Gasteiger partial charge in [0.1, 0.15) is 0 Å². The van der Waals surface area contributed by atoms with Crippen molar-refractivity contribution in [3.8, 4) is 0 Å². The second-order valence-corrected chi connectivity index (χ2v) is 7.37. The molecular weight excluding hydrogens is 493 g/mol. The zero-order chi connectivity index (χ0) is 20.2. The van der Waals surface area contributed by atoms with E-state index in [0.717, 1.165) is 70.3 Å². The highest BCUT2D eigenvalue weighted by Crippen LogP contribution is 2.14. The number of nitrogens with zero attached hydrogens (tertiary/aromatic N) is 3. The largest absolute Gasteiger partial charge is 0.381 e. The van der Waals surface area contributed by atoms with Crippen molar-refractivity contribution in [2.75, 3.05) is 40.0 Å². The summed E-state index contributed by atoms with van der Waals surface area (Å²) in [6.45, 7) is 5.68. The molecule has 0 atom stereocenters. The van der Waals surface area contributed by atoms with Gasteiger partial charge in [-0.15, -0.1) is 24.0 Å². The van der Waals surface area contributed by atoms with Gasteiger partial charge in [0.25, 0.3) is 0 Å². The van der Waals surface area contributed by atoms with Crippen LogP contribution in [0.4, 0.5) is 0 Å². The number of aromatic nitrogens is 2. The molecule has 0 amide bonds. The van der Waals surface area contributed by atoms with Gasteiger partial charge in [0.15, 0.2) is 5.96 Å². The van der Waals surface area contributed by atoms with Gasteiger partial charge >= 0.3 is 0 Å². The Balaban J connectivity index is 0.00000320.